The van der Waals surface area contributed by atoms with E-state index in [1.807, 2.05) is 4.90 Å². The zero-order valence-electron chi connectivity index (χ0n) is 25.3. The van der Waals surface area contributed by atoms with E-state index in [2.05, 4.69) is 11.0 Å². The first-order valence-corrected chi connectivity index (χ1v) is 15.7. The third kappa shape index (κ3) is 5.06. The summed E-state index contributed by atoms with van der Waals surface area (Å²) in [6, 6.07) is 10.3. The number of aromatic nitrogens is 2. The maximum atomic E-state index is 14.5. The van der Waals surface area contributed by atoms with Gasteiger partial charge in [0.05, 0.1) is 35.3 Å². The predicted octanol–water partition coefficient (Wildman–Crippen LogP) is 4.99. The van der Waals surface area contributed by atoms with Crippen LogP contribution in [0.3, 0.4) is 0 Å². The Morgan fingerprint density at radius 2 is 2.04 bits per heavy atom. The molecule has 2 aromatic heterocycles. The number of aryl methyl sites for hydroxylation is 1. The highest BCUT2D eigenvalue weighted by molar-refractivity contribution is 6.03. The van der Waals surface area contributed by atoms with Gasteiger partial charge in [-0.3, -0.25) is 4.90 Å². The van der Waals surface area contributed by atoms with E-state index in [-0.39, 0.29) is 42.2 Å². The molecule has 0 radical (unpaired) electrons. The molecule has 3 aliphatic heterocycles. The molecule has 0 amide bonds. The minimum atomic E-state index is -0.908. The number of anilines is 1. The summed E-state index contributed by atoms with van der Waals surface area (Å²) in [6.45, 7) is 3.70. The number of aliphatic hydroxyl groups is 1. The fourth-order valence-electron chi connectivity index (χ4n) is 7.72. The van der Waals surface area contributed by atoms with Crippen LogP contribution in [0.5, 0.6) is 11.8 Å². The molecule has 4 aromatic rings. The third-order valence-corrected chi connectivity index (χ3v) is 9.88. The highest BCUT2D eigenvalue weighted by Gasteiger charge is 2.49. The molecule has 45 heavy (non-hydrogen) atoms. The number of fused-ring (bicyclic) bond motifs is 3. The predicted molar refractivity (Wildman–Crippen MR) is 167 cm³/mol. The smallest absolute Gasteiger partial charge is 0.349 e. The Kier molecular flexibility index (Phi) is 7.58. The summed E-state index contributed by atoms with van der Waals surface area (Å²) in [5.74, 6) is 0.479. The highest BCUT2D eigenvalue weighted by Crippen LogP contribution is 2.42. The van der Waals surface area contributed by atoms with E-state index in [4.69, 9.17) is 19.1 Å². The Morgan fingerprint density at radius 3 is 2.87 bits per heavy atom. The molecule has 0 bridgehead atoms. The van der Waals surface area contributed by atoms with Crippen molar-refractivity contribution in [2.75, 3.05) is 37.7 Å². The molecule has 0 spiro atoms. The van der Waals surface area contributed by atoms with Crippen LogP contribution in [0.25, 0.3) is 33.0 Å². The molecule has 0 saturated carbocycles. The van der Waals surface area contributed by atoms with Gasteiger partial charge in [0.2, 0.25) is 0 Å². The van der Waals surface area contributed by atoms with E-state index < -0.39 is 17.3 Å². The Bertz CT molecular complexity index is 1890. The molecule has 2 N–H and O–H groups in total. The van der Waals surface area contributed by atoms with Crippen molar-refractivity contribution in [2.24, 2.45) is 0 Å². The minimum absolute atomic E-state index is 0.0411. The number of ether oxygens (including phenoxy) is 1. The van der Waals surface area contributed by atoms with Crippen LogP contribution in [0.4, 0.5) is 10.2 Å². The van der Waals surface area contributed by atoms with Gasteiger partial charge in [0.25, 0.3) is 0 Å². The number of hydrogen-bond acceptors (Lipinski definition) is 10. The van der Waals surface area contributed by atoms with Crippen LogP contribution in [0.2, 0.25) is 0 Å². The molecule has 10 nitrogen and oxygen atoms in total. The number of benzene rings is 2. The summed E-state index contributed by atoms with van der Waals surface area (Å²) < 4.78 is 26.8. The number of alkyl halides is 1. The molecular weight excluding hydrogens is 577 g/mol. The number of phenolic OH excluding ortho intramolecular Hbond substituents is 1. The van der Waals surface area contributed by atoms with E-state index >= 15 is 0 Å². The van der Waals surface area contributed by atoms with Gasteiger partial charge in [-0.1, -0.05) is 25.0 Å². The summed E-state index contributed by atoms with van der Waals surface area (Å²) in [5, 5.41) is 32.2. The Labute approximate surface area is 259 Å². The monoisotopic (exact) mass is 613 g/mol. The number of nitrogens with zero attached hydrogens (tertiary/aromatic N) is 5. The first kappa shape index (κ1) is 29.4. The molecule has 1 unspecified atom stereocenters. The van der Waals surface area contributed by atoms with Crippen molar-refractivity contribution in [3.8, 4) is 29.2 Å². The zero-order chi connectivity index (χ0) is 31.3. The normalized spacial score (nSPS) is 23.7. The van der Waals surface area contributed by atoms with Gasteiger partial charge in [-0.15, -0.1) is 0 Å². The molecule has 3 atom stereocenters. The Morgan fingerprint density at radius 1 is 1.18 bits per heavy atom. The van der Waals surface area contributed by atoms with Crippen molar-refractivity contribution >= 4 is 27.5 Å². The molecule has 3 aliphatic rings. The van der Waals surface area contributed by atoms with Gasteiger partial charge in [-0.05, 0) is 62.7 Å². The average Bonchev–Trinajstić information content (AvgIpc) is 3.44. The number of hydrogen-bond donors (Lipinski definition) is 2. The topological polar surface area (TPSA) is 136 Å². The minimum Gasteiger partial charge on any atom is -0.508 e. The van der Waals surface area contributed by atoms with E-state index in [9.17, 15) is 24.7 Å². The molecule has 2 aromatic carbocycles. The number of rotatable bonds is 6. The van der Waals surface area contributed by atoms with E-state index in [1.165, 1.54) is 6.07 Å². The van der Waals surface area contributed by atoms with Crippen LogP contribution in [0.15, 0.2) is 39.5 Å². The number of phenols is 1. The Balaban J connectivity index is 1.43. The third-order valence-electron chi connectivity index (χ3n) is 9.88. The lowest BCUT2D eigenvalue weighted by Crippen LogP contribution is -2.43. The van der Waals surface area contributed by atoms with E-state index in [0.29, 0.717) is 58.3 Å². The van der Waals surface area contributed by atoms with Crippen LogP contribution in [-0.4, -0.2) is 75.7 Å². The SMILES string of the molecule is Cc1c(-c2cc(O)cc3cccc(C#N)c23)oc(=O)c2c(N3CCCCCC3CO)nc(OC[C@@]34CCCN3C[C@H](F)C4)nc12. The lowest BCUT2D eigenvalue weighted by molar-refractivity contribution is 0.107. The van der Waals surface area contributed by atoms with Gasteiger partial charge in [-0.2, -0.15) is 15.2 Å². The van der Waals surface area contributed by atoms with Crippen molar-refractivity contribution in [2.45, 2.75) is 69.6 Å². The van der Waals surface area contributed by atoms with Crippen molar-refractivity contribution in [1.82, 2.24) is 14.9 Å². The molecule has 234 valence electrons. The Hall–Kier alpha value is -4.27. The average molecular weight is 614 g/mol. The van der Waals surface area contributed by atoms with Gasteiger partial charge >= 0.3 is 11.6 Å². The lowest BCUT2D eigenvalue weighted by Gasteiger charge is -2.32. The van der Waals surface area contributed by atoms with Crippen molar-refractivity contribution in [3.05, 3.63) is 51.9 Å². The second-order valence-corrected chi connectivity index (χ2v) is 12.6. The second-order valence-electron chi connectivity index (χ2n) is 12.6. The molecule has 5 heterocycles. The van der Waals surface area contributed by atoms with Gasteiger partial charge in [0, 0.05) is 36.0 Å². The van der Waals surface area contributed by atoms with Gasteiger partial charge < -0.3 is 24.3 Å². The van der Waals surface area contributed by atoms with E-state index in [0.717, 1.165) is 45.1 Å². The highest BCUT2D eigenvalue weighted by atomic mass is 19.1. The van der Waals surface area contributed by atoms with Crippen LogP contribution >= 0.6 is 0 Å². The molecule has 3 fully saturated rings. The first-order valence-electron chi connectivity index (χ1n) is 15.7. The van der Waals surface area contributed by atoms with Crippen LogP contribution < -0.4 is 15.3 Å². The number of halogens is 1. The fraction of sp³-hybridized carbons (Fsp3) is 0.471. The molecule has 11 heteroatoms. The second kappa shape index (κ2) is 11.6. The standard InChI is InChI=1S/C34H36FN5O5/c1-20-29-28(32(43)45-30(20)26-14-25(42)13-21-7-5-8-22(16-36)27(21)26)31(40-12-4-2-3-9-24(40)18-41)38-33(37-29)44-19-34-10-6-11-39(34)17-23(35)15-34/h5,7-8,13-14,23-24,41-42H,2-4,6,9-12,15,17-19H2,1H3/t23-,24?,34+/m1/s1. The van der Waals surface area contributed by atoms with Crippen LogP contribution in [0, 0.1) is 18.3 Å². The maximum absolute atomic E-state index is 14.5. The zero-order valence-corrected chi connectivity index (χ0v) is 25.3. The van der Waals surface area contributed by atoms with Crippen LogP contribution in [-0.2, 0) is 0 Å². The molecule has 3 saturated heterocycles. The molecule has 7 rings (SSSR count). The van der Waals surface area contributed by atoms with Gasteiger partial charge in [0.15, 0.2) is 5.82 Å². The summed E-state index contributed by atoms with van der Waals surface area (Å²) in [7, 11) is 0. The summed E-state index contributed by atoms with van der Waals surface area (Å²) in [4.78, 5) is 27.6. The summed E-state index contributed by atoms with van der Waals surface area (Å²) in [6.07, 6.45) is 4.82. The van der Waals surface area contributed by atoms with Crippen molar-refractivity contribution in [1.29, 1.82) is 5.26 Å². The first-order chi connectivity index (χ1) is 21.8. The maximum Gasteiger partial charge on any atom is 0.349 e. The number of aromatic hydroxyl groups is 1. The molecular formula is C34H36FN5O5. The largest absolute Gasteiger partial charge is 0.508 e. The van der Waals surface area contributed by atoms with Gasteiger partial charge in [-0.25, -0.2) is 9.18 Å². The van der Waals surface area contributed by atoms with Crippen LogP contribution in [0.1, 0.15) is 56.1 Å². The number of nitriles is 1. The van der Waals surface area contributed by atoms with Crippen molar-refractivity contribution in [3.63, 3.8) is 0 Å². The summed E-state index contributed by atoms with van der Waals surface area (Å²) in [5.41, 5.74) is 0.510. The van der Waals surface area contributed by atoms with E-state index in [1.54, 1.807) is 31.2 Å². The number of aliphatic hydroxyl groups excluding tert-OH is 1. The lowest BCUT2D eigenvalue weighted by atomic mass is 9.95. The fourth-order valence-corrected chi connectivity index (χ4v) is 7.72. The summed E-state index contributed by atoms with van der Waals surface area (Å²) >= 11 is 0. The van der Waals surface area contributed by atoms with Crippen molar-refractivity contribution < 1.29 is 23.8 Å². The van der Waals surface area contributed by atoms with Gasteiger partial charge in [0.1, 0.15) is 29.7 Å². The quantitative estimate of drug-likeness (QED) is 0.306. The molecule has 0 aliphatic carbocycles.